The van der Waals surface area contributed by atoms with Crippen LogP contribution < -0.4 is 21.5 Å². The van der Waals surface area contributed by atoms with Crippen LogP contribution >= 0.6 is 11.6 Å². The molecule has 0 aliphatic heterocycles. The summed E-state index contributed by atoms with van der Waals surface area (Å²) in [6.07, 6.45) is 0. The molecule has 0 unspecified atom stereocenters. The maximum atomic E-state index is 12.5. The van der Waals surface area contributed by atoms with E-state index < -0.39 is 17.2 Å². The van der Waals surface area contributed by atoms with Crippen molar-refractivity contribution in [2.45, 2.75) is 0 Å². The SMILES string of the molecule is CN(C)c1ccc(NC(=O)c2ccc3c(=O)n(C)c(=O)n(C)c3n2)cc1Cl. The van der Waals surface area contributed by atoms with E-state index in [1.165, 1.54) is 30.8 Å². The Hall–Kier alpha value is -3.13. The first-order valence-electron chi connectivity index (χ1n) is 8.05. The molecule has 0 spiro atoms. The number of nitrogens with one attached hydrogen (secondary N) is 1. The van der Waals surface area contributed by atoms with Crippen molar-refractivity contribution in [2.75, 3.05) is 24.3 Å². The molecule has 0 radical (unpaired) electrons. The van der Waals surface area contributed by atoms with Gasteiger partial charge in [-0.25, -0.2) is 9.78 Å². The molecule has 2 heterocycles. The second-order valence-corrected chi connectivity index (χ2v) is 6.70. The topological polar surface area (TPSA) is 89.2 Å². The summed E-state index contributed by atoms with van der Waals surface area (Å²) in [5.74, 6) is -0.473. The van der Waals surface area contributed by atoms with Crippen LogP contribution in [0.15, 0.2) is 39.9 Å². The first-order valence-corrected chi connectivity index (χ1v) is 8.43. The smallest absolute Gasteiger partial charge is 0.332 e. The largest absolute Gasteiger partial charge is 0.376 e. The van der Waals surface area contributed by atoms with Crippen LogP contribution in [0, 0.1) is 0 Å². The van der Waals surface area contributed by atoms with Crippen LogP contribution in [0.2, 0.25) is 5.02 Å². The number of carbonyl (C=O) groups is 1. The predicted molar refractivity (Wildman–Crippen MR) is 106 cm³/mol. The van der Waals surface area contributed by atoms with Crippen LogP contribution in [0.5, 0.6) is 0 Å². The molecule has 3 rings (SSSR count). The summed E-state index contributed by atoms with van der Waals surface area (Å²) in [5, 5.41) is 3.47. The van der Waals surface area contributed by atoms with E-state index in [2.05, 4.69) is 10.3 Å². The van der Waals surface area contributed by atoms with Gasteiger partial charge in [-0.15, -0.1) is 0 Å². The zero-order chi connectivity index (χ0) is 19.9. The molecular formula is C18H18ClN5O3. The van der Waals surface area contributed by atoms with Crippen molar-refractivity contribution in [1.29, 1.82) is 0 Å². The van der Waals surface area contributed by atoms with Gasteiger partial charge in [0.1, 0.15) is 11.3 Å². The van der Waals surface area contributed by atoms with E-state index in [0.717, 1.165) is 10.3 Å². The van der Waals surface area contributed by atoms with Gasteiger partial charge in [0.2, 0.25) is 0 Å². The molecule has 0 fully saturated rings. The van der Waals surface area contributed by atoms with Crippen LogP contribution in [0.25, 0.3) is 11.0 Å². The van der Waals surface area contributed by atoms with Crippen LogP contribution in [0.4, 0.5) is 11.4 Å². The number of nitrogens with zero attached hydrogens (tertiary/aromatic N) is 4. The Kier molecular flexibility index (Phi) is 4.75. The number of pyridine rings is 1. The molecular weight excluding hydrogens is 370 g/mol. The third-order valence-corrected chi connectivity index (χ3v) is 4.52. The van der Waals surface area contributed by atoms with Gasteiger partial charge in [0.15, 0.2) is 0 Å². The number of benzene rings is 1. The number of anilines is 2. The summed E-state index contributed by atoms with van der Waals surface area (Å²) < 4.78 is 2.23. The third kappa shape index (κ3) is 3.31. The maximum absolute atomic E-state index is 12.5. The lowest BCUT2D eigenvalue weighted by Gasteiger charge is -2.15. The number of hydrogen-bond acceptors (Lipinski definition) is 5. The standard InChI is InChI=1S/C18H18ClN5O3/c1-22(2)14-8-5-10(9-12(14)19)20-16(25)13-7-6-11-15(21-13)23(3)18(27)24(4)17(11)26/h5-9H,1-4H3,(H,20,25). The number of aryl methyl sites for hydroxylation is 1. The fraction of sp³-hybridized carbons (Fsp3) is 0.222. The molecule has 8 nitrogen and oxygen atoms in total. The van der Waals surface area contributed by atoms with Crippen molar-refractivity contribution in [3.63, 3.8) is 0 Å². The highest BCUT2D eigenvalue weighted by Crippen LogP contribution is 2.27. The Balaban J connectivity index is 1.98. The number of aromatic nitrogens is 3. The van der Waals surface area contributed by atoms with Crippen LogP contribution in [-0.2, 0) is 14.1 Å². The Morgan fingerprint density at radius 3 is 2.44 bits per heavy atom. The molecule has 0 saturated heterocycles. The van der Waals surface area contributed by atoms with Crippen molar-refractivity contribution in [2.24, 2.45) is 14.1 Å². The molecule has 0 aliphatic carbocycles. The molecule has 0 bridgehead atoms. The monoisotopic (exact) mass is 387 g/mol. The molecule has 3 aromatic rings. The van der Waals surface area contributed by atoms with Crippen LogP contribution in [-0.4, -0.2) is 34.1 Å². The van der Waals surface area contributed by atoms with Crippen LogP contribution in [0.3, 0.4) is 0 Å². The quantitative estimate of drug-likeness (QED) is 0.737. The average molecular weight is 388 g/mol. The molecule has 9 heteroatoms. The van der Waals surface area contributed by atoms with E-state index >= 15 is 0 Å². The fourth-order valence-corrected chi connectivity index (χ4v) is 3.07. The lowest BCUT2D eigenvalue weighted by molar-refractivity contribution is 0.102. The molecule has 1 amide bonds. The molecule has 0 aliphatic rings. The first-order chi connectivity index (χ1) is 12.7. The van der Waals surface area contributed by atoms with Gasteiger partial charge < -0.3 is 10.2 Å². The lowest BCUT2D eigenvalue weighted by Crippen LogP contribution is -2.37. The predicted octanol–water partition coefficient (Wildman–Crippen LogP) is 1.60. The zero-order valence-corrected chi connectivity index (χ0v) is 16.0. The van der Waals surface area contributed by atoms with E-state index in [0.29, 0.717) is 10.7 Å². The van der Waals surface area contributed by atoms with E-state index in [1.807, 2.05) is 19.0 Å². The van der Waals surface area contributed by atoms with Crippen molar-refractivity contribution in [3.8, 4) is 0 Å². The van der Waals surface area contributed by atoms with Crippen molar-refractivity contribution < 1.29 is 4.79 Å². The molecule has 27 heavy (non-hydrogen) atoms. The molecule has 2 aromatic heterocycles. The average Bonchev–Trinajstić information content (AvgIpc) is 2.63. The third-order valence-electron chi connectivity index (χ3n) is 4.22. The van der Waals surface area contributed by atoms with Crippen LogP contribution in [0.1, 0.15) is 10.5 Å². The van der Waals surface area contributed by atoms with Gasteiger partial charge >= 0.3 is 5.69 Å². The van der Waals surface area contributed by atoms with Crippen molar-refractivity contribution in [3.05, 3.63) is 61.9 Å². The van der Waals surface area contributed by atoms with Gasteiger partial charge in [-0.1, -0.05) is 11.6 Å². The highest BCUT2D eigenvalue weighted by Gasteiger charge is 2.14. The van der Waals surface area contributed by atoms with Gasteiger partial charge in [0.05, 0.1) is 16.1 Å². The van der Waals surface area contributed by atoms with Crippen molar-refractivity contribution in [1.82, 2.24) is 14.1 Å². The number of amides is 1. The zero-order valence-electron chi connectivity index (χ0n) is 15.3. The Bertz CT molecular complexity index is 1180. The maximum Gasteiger partial charge on any atom is 0.332 e. The molecule has 140 valence electrons. The Morgan fingerprint density at radius 1 is 1.11 bits per heavy atom. The number of fused-ring (bicyclic) bond motifs is 1. The van der Waals surface area contributed by atoms with E-state index in [4.69, 9.17) is 11.6 Å². The summed E-state index contributed by atoms with van der Waals surface area (Å²) in [7, 11) is 6.63. The van der Waals surface area contributed by atoms with E-state index in [9.17, 15) is 14.4 Å². The minimum absolute atomic E-state index is 0.0820. The summed E-state index contributed by atoms with van der Waals surface area (Å²) in [6.45, 7) is 0. The molecule has 1 N–H and O–H groups in total. The summed E-state index contributed by atoms with van der Waals surface area (Å²) in [6, 6.07) is 8.09. The van der Waals surface area contributed by atoms with E-state index in [1.54, 1.807) is 18.2 Å². The second kappa shape index (κ2) is 6.88. The summed E-state index contributed by atoms with van der Waals surface area (Å²) in [5.41, 5.74) is 0.595. The number of hydrogen-bond donors (Lipinski definition) is 1. The molecule has 1 aromatic carbocycles. The number of carbonyl (C=O) groups excluding carboxylic acids is 1. The molecule has 0 atom stereocenters. The Labute approximate surface area is 159 Å². The minimum atomic E-state index is -0.511. The van der Waals surface area contributed by atoms with E-state index in [-0.39, 0.29) is 16.7 Å². The second-order valence-electron chi connectivity index (χ2n) is 6.29. The highest BCUT2D eigenvalue weighted by molar-refractivity contribution is 6.33. The fourth-order valence-electron chi connectivity index (χ4n) is 2.72. The number of rotatable bonds is 3. The normalized spacial score (nSPS) is 10.9. The Morgan fingerprint density at radius 2 is 1.81 bits per heavy atom. The van der Waals surface area contributed by atoms with Gasteiger partial charge in [0.25, 0.3) is 11.5 Å². The summed E-state index contributed by atoms with van der Waals surface area (Å²) in [4.78, 5) is 42.9. The molecule has 0 saturated carbocycles. The summed E-state index contributed by atoms with van der Waals surface area (Å²) >= 11 is 6.22. The van der Waals surface area contributed by atoms with Gasteiger partial charge in [-0.05, 0) is 30.3 Å². The highest BCUT2D eigenvalue weighted by atomic mass is 35.5. The van der Waals surface area contributed by atoms with Crippen molar-refractivity contribution >= 4 is 39.9 Å². The van der Waals surface area contributed by atoms with Gasteiger partial charge in [-0.3, -0.25) is 18.7 Å². The van der Waals surface area contributed by atoms with Gasteiger partial charge in [0, 0.05) is 33.9 Å². The lowest BCUT2D eigenvalue weighted by atomic mass is 10.2. The number of halogens is 1. The minimum Gasteiger partial charge on any atom is -0.376 e. The first kappa shape index (κ1) is 18.7. The van der Waals surface area contributed by atoms with Gasteiger partial charge in [-0.2, -0.15) is 0 Å².